The first-order valence-electron chi connectivity index (χ1n) is 10.9. The van der Waals surface area contributed by atoms with Gasteiger partial charge in [0.25, 0.3) is 0 Å². The van der Waals surface area contributed by atoms with E-state index in [1.54, 1.807) is 0 Å². The summed E-state index contributed by atoms with van der Waals surface area (Å²) in [6.07, 6.45) is 8.54. The Morgan fingerprint density at radius 2 is 1.68 bits per heavy atom. The summed E-state index contributed by atoms with van der Waals surface area (Å²) in [5.41, 5.74) is 5.32. The van der Waals surface area contributed by atoms with Crippen LogP contribution in [0.1, 0.15) is 66.9 Å². The lowest BCUT2D eigenvalue weighted by Crippen LogP contribution is -2.44. The number of fused-ring (bicyclic) bond motifs is 3. The van der Waals surface area contributed by atoms with Crippen molar-refractivity contribution >= 4 is 19.0 Å². The van der Waals surface area contributed by atoms with Gasteiger partial charge in [0.2, 0.25) is 0 Å². The van der Waals surface area contributed by atoms with E-state index >= 15 is 0 Å². The maximum Gasteiger partial charge on any atom is 0.194 e. The highest BCUT2D eigenvalue weighted by molar-refractivity contribution is 6.90. The van der Waals surface area contributed by atoms with Gasteiger partial charge in [-0.2, -0.15) is 0 Å². The van der Waals surface area contributed by atoms with Crippen molar-refractivity contribution in [3.8, 4) is 16.9 Å². The average molecular weight is 393 g/mol. The maximum atomic E-state index is 13.4. The number of hydrogen-bond acceptors (Lipinski definition) is 2. The molecule has 0 amide bonds. The second-order valence-corrected chi connectivity index (χ2v) is 14.4. The first-order valence-corrected chi connectivity index (χ1v) is 14.4. The van der Waals surface area contributed by atoms with Crippen molar-refractivity contribution in [2.45, 2.75) is 77.6 Å². The normalized spacial score (nSPS) is 16.8. The van der Waals surface area contributed by atoms with Crippen LogP contribution in [0.5, 0.6) is 5.75 Å². The molecule has 0 radical (unpaired) electrons. The molecule has 2 aromatic carbocycles. The van der Waals surface area contributed by atoms with E-state index in [4.69, 9.17) is 4.74 Å². The Bertz CT molecular complexity index is 901. The van der Waals surface area contributed by atoms with E-state index in [1.165, 1.54) is 30.0 Å². The van der Waals surface area contributed by atoms with Crippen molar-refractivity contribution in [2.75, 3.05) is 0 Å². The van der Waals surface area contributed by atoms with Crippen molar-refractivity contribution in [1.82, 2.24) is 0 Å². The zero-order valence-electron chi connectivity index (χ0n) is 17.7. The van der Waals surface area contributed by atoms with E-state index < -0.39 is 8.07 Å². The highest BCUT2D eigenvalue weighted by atomic mass is 28.3. The Balaban J connectivity index is 1.93. The lowest BCUT2D eigenvalue weighted by Gasteiger charge is -2.30. The van der Waals surface area contributed by atoms with Crippen LogP contribution in [-0.4, -0.2) is 20.0 Å². The molecule has 0 unspecified atom stereocenters. The summed E-state index contributed by atoms with van der Waals surface area (Å²) in [5.74, 6) is 1.26. The Kier molecular flexibility index (Phi) is 5.22. The van der Waals surface area contributed by atoms with Crippen LogP contribution in [0.25, 0.3) is 11.1 Å². The minimum atomic E-state index is -1.75. The average Bonchev–Trinajstić information content (AvgIpc) is 2.95. The fourth-order valence-electron chi connectivity index (χ4n) is 4.99. The van der Waals surface area contributed by atoms with Crippen LogP contribution < -0.4 is 9.92 Å². The van der Waals surface area contributed by atoms with Gasteiger partial charge < -0.3 is 4.74 Å². The number of ketones is 1. The van der Waals surface area contributed by atoms with Gasteiger partial charge in [0, 0.05) is 11.1 Å². The van der Waals surface area contributed by atoms with Gasteiger partial charge in [0.15, 0.2) is 5.78 Å². The summed E-state index contributed by atoms with van der Waals surface area (Å²) in [6.45, 7) is 9.31. The first-order chi connectivity index (χ1) is 13.4. The molecular formula is C25H32O2Si. The number of carbonyl (C=O) groups is 1. The second kappa shape index (κ2) is 7.51. The molecule has 0 spiro atoms. The van der Waals surface area contributed by atoms with Crippen LogP contribution in [0, 0.1) is 0 Å². The summed E-state index contributed by atoms with van der Waals surface area (Å²) < 4.78 is 6.66. The SMILES string of the molecule is CCCc1c(OC2CCCCC2)cc2c(c1[Si](C)(C)C)C(=O)c1ccccc1-2. The molecule has 28 heavy (non-hydrogen) atoms. The Morgan fingerprint density at radius 1 is 1.00 bits per heavy atom. The largest absolute Gasteiger partial charge is 0.490 e. The molecule has 148 valence electrons. The minimum absolute atomic E-state index is 0.213. The molecule has 0 heterocycles. The van der Waals surface area contributed by atoms with Gasteiger partial charge in [-0.1, -0.05) is 63.7 Å². The zero-order chi connectivity index (χ0) is 19.9. The van der Waals surface area contributed by atoms with Gasteiger partial charge in [-0.25, -0.2) is 0 Å². The summed E-state index contributed by atoms with van der Waals surface area (Å²) >= 11 is 0. The van der Waals surface area contributed by atoms with Gasteiger partial charge in [0.1, 0.15) is 5.75 Å². The highest BCUT2D eigenvalue weighted by Gasteiger charge is 2.37. The number of rotatable bonds is 5. The fourth-order valence-corrected chi connectivity index (χ4v) is 7.14. The lowest BCUT2D eigenvalue weighted by molar-refractivity contribution is 0.104. The number of carbonyl (C=O) groups excluding carboxylic acids is 1. The molecule has 0 saturated heterocycles. The van der Waals surface area contributed by atoms with Crippen molar-refractivity contribution in [3.63, 3.8) is 0 Å². The monoisotopic (exact) mass is 392 g/mol. The maximum absolute atomic E-state index is 13.4. The Hall–Kier alpha value is -1.87. The molecule has 1 saturated carbocycles. The van der Waals surface area contributed by atoms with Crippen molar-refractivity contribution in [2.24, 2.45) is 0 Å². The molecule has 1 fully saturated rings. The number of hydrogen-bond donors (Lipinski definition) is 0. The molecule has 2 nitrogen and oxygen atoms in total. The number of ether oxygens (including phenoxy) is 1. The third kappa shape index (κ3) is 3.34. The smallest absolute Gasteiger partial charge is 0.194 e. The van der Waals surface area contributed by atoms with Crippen LogP contribution in [-0.2, 0) is 6.42 Å². The van der Waals surface area contributed by atoms with E-state index in [9.17, 15) is 4.79 Å². The van der Waals surface area contributed by atoms with Gasteiger partial charge in [-0.05, 0) is 60.0 Å². The topological polar surface area (TPSA) is 26.3 Å². The van der Waals surface area contributed by atoms with Crippen LogP contribution >= 0.6 is 0 Å². The molecular weight excluding hydrogens is 360 g/mol. The van der Waals surface area contributed by atoms with E-state index in [0.29, 0.717) is 6.10 Å². The van der Waals surface area contributed by atoms with Crippen LogP contribution in [0.2, 0.25) is 19.6 Å². The van der Waals surface area contributed by atoms with E-state index in [0.717, 1.165) is 53.7 Å². The molecule has 2 aliphatic rings. The summed E-state index contributed by atoms with van der Waals surface area (Å²) in [7, 11) is -1.75. The van der Waals surface area contributed by atoms with Crippen LogP contribution in [0.3, 0.4) is 0 Å². The van der Waals surface area contributed by atoms with Crippen LogP contribution in [0.4, 0.5) is 0 Å². The quantitative estimate of drug-likeness (QED) is 0.490. The van der Waals surface area contributed by atoms with E-state index in [1.807, 2.05) is 18.2 Å². The predicted octanol–water partition coefficient (Wildman–Crippen LogP) is 6.11. The van der Waals surface area contributed by atoms with Crippen molar-refractivity contribution in [1.29, 1.82) is 0 Å². The first kappa shape index (κ1) is 19.4. The summed E-state index contributed by atoms with van der Waals surface area (Å²) in [5, 5.41) is 1.33. The van der Waals surface area contributed by atoms with E-state index in [2.05, 4.69) is 38.7 Å². The summed E-state index contributed by atoms with van der Waals surface area (Å²) in [6, 6.07) is 10.3. The van der Waals surface area contributed by atoms with Gasteiger partial charge in [-0.3, -0.25) is 4.79 Å². The van der Waals surface area contributed by atoms with Crippen LogP contribution in [0.15, 0.2) is 30.3 Å². The fraction of sp³-hybridized carbons (Fsp3) is 0.480. The summed E-state index contributed by atoms with van der Waals surface area (Å²) in [4.78, 5) is 13.4. The lowest BCUT2D eigenvalue weighted by atomic mass is 9.96. The molecule has 3 heteroatoms. The van der Waals surface area contributed by atoms with Gasteiger partial charge in [-0.15, -0.1) is 0 Å². The van der Waals surface area contributed by atoms with Gasteiger partial charge in [0.05, 0.1) is 14.2 Å². The third-order valence-corrected chi connectivity index (χ3v) is 8.23. The molecule has 2 aromatic rings. The van der Waals surface area contributed by atoms with Gasteiger partial charge >= 0.3 is 0 Å². The number of benzene rings is 2. The molecule has 2 aliphatic carbocycles. The van der Waals surface area contributed by atoms with Crippen molar-refractivity contribution < 1.29 is 9.53 Å². The second-order valence-electron chi connectivity index (χ2n) is 9.40. The molecule has 0 bridgehead atoms. The molecule has 0 aromatic heterocycles. The minimum Gasteiger partial charge on any atom is -0.490 e. The highest BCUT2D eigenvalue weighted by Crippen LogP contribution is 2.41. The zero-order valence-corrected chi connectivity index (χ0v) is 18.7. The Morgan fingerprint density at radius 3 is 2.32 bits per heavy atom. The molecule has 4 rings (SSSR count). The molecule has 0 aliphatic heterocycles. The van der Waals surface area contributed by atoms with E-state index in [-0.39, 0.29) is 5.78 Å². The Labute approximate surface area is 170 Å². The molecule has 0 atom stereocenters. The predicted molar refractivity (Wildman–Crippen MR) is 120 cm³/mol. The van der Waals surface area contributed by atoms with Crippen molar-refractivity contribution in [3.05, 3.63) is 47.0 Å². The third-order valence-electron chi connectivity index (χ3n) is 6.18. The standard InChI is InChI=1S/C25H32O2Si/c1-5-11-20-22(27-17-12-7-6-8-13-17)16-21-18-14-9-10-15-19(18)24(26)23(21)25(20)28(2,3)4/h9-10,14-17H,5-8,11-13H2,1-4H3. The molecule has 0 N–H and O–H groups in total.